The molecule has 0 aliphatic heterocycles. The van der Waals surface area contributed by atoms with Crippen LogP contribution in [0.25, 0.3) is 0 Å². The zero-order valence-electron chi connectivity index (χ0n) is 9.85. The van der Waals surface area contributed by atoms with E-state index in [-0.39, 0.29) is 5.41 Å². The number of hydrogen-bond donors (Lipinski definition) is 0. The summed E-state index contributed by atoms with van der Waals surface area (Å²) >= 11 is 0. The van der Waals surface area contributed by atoms with Gasteiger partial charge in [-0.05, 0) is 31.7 Å². The molecule has 3 heteroatoms. The van der Waals surface area contributed by atoms with E-state index in [1.807, 2.05) is 18.5 Å². The lowest BCUT2D eigenvalue weighted by atomic mass is 10.0. The summed E-state index contributed by atoms with van der Waals surface area (Å²) in [5, 5.41) is 8.78. The van der Waals surface area contributed by atoms with Crippen molar-refractivity contribution < 1.29 is 4.79 Å². The Bertz CT molecular complexity index is 487. The van der Waals surface area contributed by atoms with Crippen LogP contribution >= 0.6 is 0 Å². The summed E-state index contributed by atoms with van der Waals surface area (Å²) in [6.45, 7) is 0.887. The van der Waals surface area contributed by atoms with Gasteiger partial charge in [-0.15, -0.1) is 0 Å². The van der Waals surface area contributed by atoms with Gasteiger partial charge >= 0.3 is 0 Å². The summed E-state index contributed by atoms with van der Waals surface area (Å²) < 4.78 is 2.08. The molecule has 0 aromatic carbocycles. The molecule has 1 aromatic rings. The van der Waals surface area contributed by atoms with Gasteiger partial charge in [0.05, 0.1) is 6.07 Å². The molecule has 2 aliphatic carbocycles. The number of nitriles is 1. The number of ketones is 1. The zero-order chi connectivity index (χ0) is 11.9. The minimum absolute atomic E-state index is 0.202. The molecule has 17 heavy (non-hydrogen) atoms. The molecule has 88 valence electrons. The molecule has 3 rings (SSSR count). The Balaban J connectivity index is 1.68. The fraction of sp³-hybridized carbons (Fsp3) is 0.571. The van der Waals surface area contributed by atoms with Gasteiger partial charge in [0, 0.05) is 42.3 Å². The summed E-state index contributed by atoms with van der Waals surface area (Å²) in [5.41, 5.74) is 1.05. The second kappa shape index (κ2) is 3.73. The molecule has 0 radical (unpaired) electrons. The van der Waals surface area contributed by atoms with Crippen LogP contribution < -0.4 is 0 Å². The minimum atomic E-state index is 0.202. The van der Waals surface area contributed by atoms with Crippen molar-refractivity contribution in [3.05, 3.63) is 24.0 Å². The number of aromatic nitrogens is 1. The second-order valence-electron chi connectivity index (χ2n) is 5.55. The number of carbonyl (C=O) groups is 1. The van der Waals surface area contributed by atoms with Crippen LogP contribution in [-0.2, 0) is 6.54 Å². The van der Waals surface area contributed by atoms with E-state index in [4.69, 9.17) is 5.26 Å². The predicted molar refractivity (Wildman–Crippen MR) is 63.4 cm³/mol. The van der Waals surface area contributed by atoms with E-state index in [1.54, 1.807) is 0 Å². The molecule has 0 spiro atoms. The largest absolute Gasteiger partial charge is 0.353 e. The third-order valence-corrected chi connectivity index (χ3v) is 3.91. The van der Waals surface area contributed by atoms with Crippen molar-refractivity contribution in [2.45, 2.75) is 38.6 Å². The Kier molecular flexibility index (Phi) is 2.32. The van der Waals surface area contributed by atoms with Crippen molar-refractivity contribution in [2.24, 2.45) is 11.3 Å². The maximum atomic E-state index is 11.9. The summed E-state index contributed by atoms with van der Waals surface area (Å²) in [5.74, 6) is 0.591. The molecule has 3 nitrogen and oxygen atoms in total. The fourth-order valence-corrected chi connectivity index (χ4v) is 2.39. The van der Waals surface area contributed by atoms with Gasteiger partial charge in [-0.1, -0.05) is 0 Å². The maximum absolute atomic E-state index is 11.9. The molecule has 2 saturated carbocycles. The number of rotatable bonds is 5. The smallest absolute Gasteiger partial charge is 0.167 e. The molecule has 2 aliphatic rings. The van der Waals surface area contributed by atoms with E-state index in [9.17, 15) is 4.79 Å². The predicted octanol–water partition coefficient (Wildman–Crippen LogP) is 2.77. The van der Waals surface area contributed by atoms with Gasteiger partial charge in [-0.25, -0.2) is 0 Å². The number of nitrogens with zero attached hydrogens (tertiary/aromatic N) is 2. The Morgan fingerprint density at radius 2 is 2.29 bits per heavy atom. The van der Waals surface area contributed by atoms with Gasteiger partial charge in [-0.3, -0.25) is 4.79 Å². The fourth-order valence-electron chi connectivity index (χ4n) is 2.39. The highest BCUT2D eigenvalue weighted by molar-refractivity contribution is 5.99. The third kappa shape index (κ3) is 2.12. The first-order valence-electron chi connectivity index (χ1n) is 6.29. The van der Waals surface area contributed by atoms with E-state index < -0.39 is 0 Å². The molecular weight excluding hydrogens is 212 g/mol. The van der Waals surface area contributed by atoms with Crippen molar-refractivity contribution >= 4 is 5.78 Å². The molecule has 1 aromatic heterocycles. The van der Waals surface area contributed by atoms with Gasteiger partial charge in [0.1, 0.15) is 0 Å². The average Bonchev–Trinajstić information content (AvgIpc) is 3.20. The van der Waals surface area contributed by atoms with Crippen LogP contribution in [-0.4, -0.2) is 10.4 Å². The molecule has 0 bridgehead atoms. The van der Waals surface area contributed by atoms with Gasteiger partial charge in [0.15, 0.2) is 5.78 Å². The lowest BCUT2D eigenvalue weighted by Gasteiger charge is -2.11. The highest BCUT2D eigenvalue weighted by atomic mass is 16.1. The highest BCUT2D eigenvalue weighted by Crippen LogP contribution is 2.50. The first-order valence-corrected chi connectivity index (χ1v) is 6.29. The average molecular weight is 228 g/mol. The maximum Gasteiger partial charge on any atom is 0.167 e. The quantitative estimate of drug-likeness (QED) is 0.727. The molecule has 0 saturated heterocycles. The zero-order valence-corrected chi connectivity index (χ0v) is 9.85. The Labute approximate surface area is 101 Å². The van der Waals surface area contributed by atoms with E-state index in [2.05, 4.69) is 10.6 Å². The van der Waals surface area contributed by atoms with Gasteiger partial charge in [-0.2, -0.15) is 5.26 Å². The van der Waals surface area contributed by atoms with Crippen LogP contribution in [0.4, 0.5) is 0 Å². The molecule has 2 fully saturated rings. The SMILES string of the molecule is N#CCC1(Cn2ccc(C(=O)C3CC3)c2)CC1. The number of hydrogen-bond acceptors (Lipinski definition) is 2. The molecule has 0 N–H and O–H groups in total. The van der Waals surface area contributed by atoms with Crippen molar-refractivity contribution in [1.82, 2.24) is 4.57 Å². The van der Waals surface area contributed by atoms with Crippen LogP contribution in [0.1, 0.15) is 42.5 Å². The minimum Gasteiger partial charge on any atom is -0.353 e. The molecule has 0 amide bonds. The van der Waals surface area contributed by atoms with Gasteiger partial charge in [0.2, 0.25) is 0 Å². The van der Waals surface area contributed by atoms with Crippen molar-refractivity contribution in [2.75, 3.05) is 0 Å². The van der Waals surface area contributed by atoms with Crippen LogP contribution in [0.3, 0.4) is 0 Å². The number of carbonyl (C=O) groups excluding carboxylic acids is 1. The summed E-state index contributed by atoms with van der Waals surface area (Å²) in [4.78, 5) is 11.9. The van der Waals surface area contributed by atoms with Crippen molar-refractivity contribution in [1.29, 1.82) is 5.26 Å². The lowest BCUT2D eigenvalue weighted by Crippen LogP contribution is -2.09. The molecule has 0 atom stereocenters. The van der Waals surface area contributed by atoms with Crippen LogP contribution in [0, 0.1) is 22.7 Å². The highest BCUT2D eigenvalue weighted by Gasteiger charge is 2.42. The van der Waals surface area contributed by atoms with Crippen LogP contribution in [0.2, 0.25) is 0 Å². The Morgan fingerprint density at radius 3 is 2.88 bits per heavy atom. The summed E-state index contributed by atoms with van der Waals surface area (Å²) in [6, 6.07) is 4.19. The van der Waals surface area contributed by atoms with Crippen molar-refractivity contribution in [3.63, 3.8) is 0 Å². The van der Waals surface area contributed by atoms with Crippen LogP contribution in [0.15, 0.2) is 18.5 Å². The van der Waals surface area contributed by atoms with Crippen molar-refractivity contribution in [3.8, 4) is 6.07 Å². The normalized spacial score (nSPS) is 20.9. The van der Waals surface area contributed by atoms with Gasteiger partial charge < -0.3 is 4.57 Å². The number of Topliss-reactive ketones (excluding diaryl/α,β-unsaturated/α-hetero) is 1. The first-order chi connectivity index (χ1) is 8.22. The van der Waals surface area contributed by atoms with E-state index in [0.29, 0.717) is 18.1 Å². The lowest BCUT2D eigenvalue weighted by molar-refractivity contribution is 0.0967. The Morgan fingerprint density at radius 1 is 1.53 bits per heavy atom. The summed E-state index contributed by atoms with van der Waals surface area (Å²) in [7, 11) is 0. The van der Waals surface area contributed by atoms with Crippen LogP contribution in [0.5, 0.6) is 0 Å². The molecular formula is C14H16N2O. The topological polar surface area (TPSA) is 45.8 Å². The first kappa shape index (κ1) is 10.6. The Hall–Kier alpha value is -1.56. The van der Waals surface area contributed by atoms with E-state index in [1.165, 1.54) is 0 Å². The van der Waals surface area contributed by atoms with Gasteiger partial charge in [0.25, 0.3) is 0 Å². The van der Waals surface area contributed by atoms with E-state index >= 15 is 0 Å². The molecule has 1 heterocycles. The second-order valence-corrected chi connectivity index (χ2v) is 5.55. The van der Waals surface area contributed by atoms with E-state index in [0.717, 1.165) is 37.8 Å². The summed E-state index contributed by atoms with van der Waals surface area (Å²) in [6.07, 6.45) is 8.97. The molecule has 0 unspecified atom stereocenters. The monoisotopic (exact) mass is 228 g/mol. The third-order valence-electron chi connectivity index (χ3n) is 3.91. The standard InChI is InChI=1S/C14H16N2O/c15-7-6-14(4-5-14)10-16-8-3-12(9-16)13(17)11-1-2-11/h3,8-9,11H,1-2,4-6,10H2.